The highest BCUT2D eigenvalue weighted by atomic mass is 79.9. The molecule has 1 aromatic carbocycles. The average Bonchev–Trinajstić information content (AvgIpc) is 3.13. The van der Waals surface area contributed by atoms with E-state index in [9.17, 15) is 5.11 Å². The Bertz CT molecular complexity index is 365. The SMILES string of the molecule is CCC(NCC(O)C1CC1)c1cccc(Br)c1. The number of nitrogens with one attached hydrogen (secondary N) is 1. The standard InChI is InChI=1S/C14H20BrNO/c1-2-13(11-4-3-5-12(15)8-11)16-9-14(17)10-6-7-10/h3-5,8,10,13-14,16-17H,2,6-7,9H2,1H3. The number of halogens is 1. The molecular weight excluding hydrogens is 278 g/mol. The Hall–Kier alpha value is -0.380. The lowest BCUT2D eigenvalue weighted by Crippen LogP contribution is -2.31. The van der Waals surface area contributed by atoms with Crippen molar-refractivity contribution in [1.82, 2.24) is 5.32 Å². The molecule has 0 bridgehead atoms. The van der Waals surface area contributed by atoms with Crippen molar-refractivity contribution in [3.8, 4) is 0 Å². The summed E-state index contributed by atoms with van der Waals surface area (Å²) in [4.78, 5) is 0. The molecule has 2 rings (SSSR count). The summed E-state index contributed by atoms with van der Waals surface area (Å²) < 4.78 is 1.11. The van der Waals surface area contributed by atoms with E-state index in [1.165, 1.54) is 18.4 Å². The molecule has 1 aromatic rings. The fourth-order valence-electron chi connectivity index (χ4n) is 2.13. The van der Waals surface area contributed by atoms with Gasteiger partial charge >= 0.3 is 0 Å². The maximum absolute atomic E-state index is 9.86. The lowest BCUT2D eigenvalue weighted by atomic mass is 10.0. The largest absolute Gasteiger partial charge is 0.392 e. The van der Waals surface area contributed by atoms with E-state index in [-0.39, 0.29) is 6.10 Å². The maximum Gasteiger partial charge on any atom is 0.0692 e. The molecule has 0 aliphatic heterocycles. The zero-order chi connectivity index (χ0) is 12.3. The van der Waals surface area contributed by atoms with Gasteiger partial charge in [0.1, 0.15) is 0 Å². The fraction of sp³-hybridized carbons (Fsp3) is 0.571. The van der Waals surface area contributed by atoms with Gasteiger partial charge in [-0.25, -0.2) is 0 Å². The van der Waals surface area contributed by atoms with Crippen molar-refractivity contribution in [2.45, 2.75) is 38.3 Å². The second-order valence-electron chi connectivity index (χ2n) is 4.83. The molecule has 0 heterocycles. The zero-order valence-electron chi connectivity index (χ0n) is 10.2. The number of hydrogen-bond acceptors (Lipinski definition) is 2. The molecule has 0 amide bonds. The monoisotopic (exact) mass is 297 g/mol. The third kappa shape index (κ3) is 3.80. The molecule has 17 heavy (non-hydrogen) atoms. The number of aliphatic hydroxyl groups excluding tert-OH is 1. The van der Waals surface area contributed by atoms with E-state index in [0.717, 1.165) is 10.9 Å². The molecule has 1 aliphatic rings. The number of aliphatic hydroxyl groups is 1. The van der Waals surface area contributed by atoms with Crippen molar-refractivity contribution in [2.75, 3.05) is 6.54 Å². The Morgan fingerprint density at radius 1 is 1.47 bits per heavy atom. The smallest absolute Gasteiger partial charge is 0.0692 e. The molecule has 1 saturated carbocycles. The summed E-state index contributed by atoms with van der Waals surface area (Å²) in [5.41, 5.74) is 1.28. The minimum Gasteiger partial charge on any atom is -0.392 e. The van der Waals surface area contributed by atoms with Gasteiger partial charge in [-0.2, -0.15) is 0 Å². The molecule has 0 aromatic heterocycles. The summed E-state index contributed by atoms with van der Waals surface area (Å²) in [6.07, 6.45) is 3.25. The second kappa shape index (κ2) is 5.98. The number of rotatable bonds is 6. The Balaban J connectivity index is 1.91. The molecule has 2 N–H and O–H groups in total. The lowest BCUT2D eigenvalue weighted by molar-refractivity contribution is 0.144. The van der Waals surface area contributed by atoms with Gasteiger partial charge in [-0.05, 0) is 42.9 Å². The first-order valence-electron chi connectivity index (χ1n) is 6.37. The molecular formula is C14H20BrNO. The van der Waals surface area contributed by atoms with E-state index in [0.29, 0.717) is 18.5 Å². The minimum atomic E-state index is -0.170. The quantitative estimate of drug-likeness (QED) is 0.845. The van der Waals surface area contributed by atoms with Crippen LogP contribution in [0.3, 0.4) is 0 Å². The van der Waals surface area contributed by atoms with Crippen LogP contribution < -0.4 is 5.32 Å². The highest BCUT2D eigenvalue weighted by Gasteiger charge is 2.29. The van der Waals surface area contributed by atoms with Gasteiger partial charge < -0.3 is 10.4 Å². The highest BCUT2D eigenvalue weighted by molar-refractivity contribution is 9.10. The molecule has 2 atom stereocenters. The van der Waals surface area contributed by atoms with Crippen molar-refractivity contribution in [1.29, 1.82) is 0 Å². The van der Waals surface area contributed by atoms with Gasteiger partial charge in [0.05, 0.1) is 6.10 Å². The van der Waals surface area contributed by atoms with Crippen LogP contribution in [0.2, 0.25) is 0 Å². The Morgan fingerprint density at radius 3 is 2.82 bits per heavy atom. The van der Waals surface area contributed by atoms with Crippen LogP contribution >= 0.6 is 15.9 Å². The second-order valence-corrected chi connectivity index (χ2v) is 5.74. The molecule has 94 valence electrons. The van der Waals surface area contributed by atoms with Crippen molar-refractivity contribution >= 4 is 15.9 Å². The van der Waals surface area contributed by atoms with E-state index < -0.39 is 0 Å². The van der Waals surface area contributed by atoms with Crippen LogP contribution in [0.15, 0.2) is 28.7 Å². The van der Waals surface area contributed by atoms with E-state index in [1.807, 2.05) is 6.07 Å². The lowest BCUT2D eigenvalue weighted by Gasteiger charge is -2.20. The third-order valence-corrected chi connectivity index (χ3v) is 3.89. The molecule has 3 heteroatoms. The van der Waals surface area contributed by atoms with Crippen molar-refractivity contribution < 1.29 is 5.11 Å². The average molecular weight is 298 g/mol. The van der Waals surface area contributed by atoms with Crippen LogP contribution in [-0.4, -0.2) is 17.8 Å². The molecule has 1 fully saturated rings. The van der Waals surface area contributed by atoms with Crippen molar-refractivity contribution in [2.24, 2.45) is 5.92 Å². The van der Waals surface area contributed by atoms with Gasteiger partial charge in [-0.3, -0.25) is 0 Å². The molecule has 0 radical (unpaired) electrons. The number of benzene rings is 1. The number of hydrogen-bond donors (Lipinski definition) is 2. The minimum absolute atomic E-state index is 0.170. The molecule has 0 saturated heterocycles. The van der Waals surface area contributed by atoms with E-state index in [2.05, 4.69) is 46.4 Å². The van der Waals surface area contributed by atoms with Crippen LogP contribution in [-0.2, 0) is 0 Å². The molecule has 2 unspecified atom stereocenters. The zero-order valence-corrected chi connectivity index (χ0v) is 11.8. The molecule has 1 aliphatic carbocycles. The maximum atomic E-state index is 9.86. The predicted molar refractivity (Wildman–Crippen MR) is 73.9 cm³/mol. The molecule has 2 nitrogen and oxygen atoms in total. The fourth-order valence-corrected chi connectivity index (χ4v) is 2.55. The highest BCUT2D eigenvalue weighted by Crippen LogP contribution is 2.32. The van der Waals surface area contributed by atoms with Crippen LogP contribution in [0.1, 0.15) is 37.8 Å². The first-order valence-corrected chi connectivity index (χ1v) is 7.17. The van der Waals surface area contributed by atoms with Crippen molar-refractivity contribution in [3.63, 3.8) is 0 Å². The van der Waals surface area contributed by atoms with Gasteiger partial charge in [0.2, 0.25) is 0 Å². The summed E-state index contributed by atoms with van der Waals surface area (Å²) in [6, 6.07) is 8.71. The van der Waals surface area contributed by atoms with Crippen LogP contribution in [0.4, 0.5) is 0 Å². The van der Waals surface area contributed by atoms with E-state index in [1.54, 1.807) is 0 Å². The Morgan fingerprint density at radius 2 is 2.24 bits per heavy atom. The summed E-state index contributed by atoms with van der Waals surface area (Å²) in [7, 11) is 0. The van der Waals surface area contributed by atoms with Crippen molar-refractivity contribution in [3.05, 3.63) is 34.3 Å². The van der Waals surface area contributed by atoms with Gasteiger partial charge in [0.15, 0.2) is 0 Å². The normalized spacial score (nSPS) is 19.0. The van der Waals surface area contributed by atoms with E-state index >= 15 is 0 Å². The first kappa shape index (κ1) is 13.1. The summed E-state index contributed by atoms with van der Waals surface area (Å²) in [5, 5.41) is 13.3. The van der Waals surface area contributed by atoms with Gasteiger partial charge in [-0.15, -0.1) is 0 Å². The predicted octanol–water partition coefficient (Wildman–Crippen LogP) is 3.26. The Kier molecular flexibility index (Phi) is 4.60. The third-order valence-electron chi connectivity index (χ3n) is 3.40. The van der Waals surface area contributed by atoms with E-state index in [4.69, 9.17) is 0 Å². The van der Waals surface area contributed by atoms with Crippen LogP contribution in [0.5, 0.6) is 0 Å². The molecule has 0 spiro atoms. The topological polar surface area (TPSA) is 32.3 Å². The first-order chi connectivity index (χ1) is 8.20. The van der Waals surface area contributed by atoms with Crippen LogP contribution in [0.25, 0.3) is 0 Å². The summed E-state index contributed by atoms with van der Waals surface area (Å²) in [5.74, 6) is 0.544. The van der Waals surface area contributed by atoms with Gasteiger partial charge in [0.25, 0.3) is 0 Å². The summed E-state index contributed by atoms with van der Waals surface area (Å²) in [6.45, 7) is 2.87. The Labute approximate surface area is 112 Å². The van der Waals surface area contributed by atoms with Gasteiger partial charge in [-0.1, -0.05) is 35.0 Å². The van der Waals surface area contributed by atoms with Gasteiger partial charge in [0, 0.05) is 17.1 Å². The summed E-state index contributed by atoms with van der Waals surface area (Å²) >= 11 is 3.50. The van der Waals surface area contributed by atoms with Crippen LogP contribution in [0, 0.1) is 5.92 Å².